The van der Waals surface area contributed by atoms with Gasteiger partial charge in [0.05, 0.1) is 0 Å². The van der Waals surface area contributed by atoms with E-state index >= 15 is 0 Å². The Morgan fingerprint density at radius 3 is 2.11 bits per heavy atom. The minimum Gasteiger partial charge on any atom is -0.481 e. The molecule has 0 amide bonds. The van der Waals surface area contributed by atoms with Gasteiger partial charge in [-0.25, -0.2) is 0 Å². The van der Waals surface area contributed by atoms with Crippen LogP contribution in [0.2, 0.25) is 0 Å². The van der Waals surface area contributed by atoms with Crippen LogP contribution in [0.15, 0.2) is 12.2 Å². The zero-order chi connectivity index (χ0) is 13.5. The normalized spacial score (nSPS) is 10.6. The molecular weight excluding hydrogens is 224 g/mol. The Hall–Kier alpha value is -1.23. The van der Waals surface area contributed by atoms with Crippen molar-refractivity contribution in [2.45, 2.75) is 70.6 Å². The molecule has 0 saturated heterocycles. The van der Waals surface area contributed by atoms with E-state index in [9.17, 15) is 4.79 Å². The fraction of sp³-hybridized carbons (Fsp3) is 0.688. The molecule has 102 valence electrons. The molecule has 0 aromatic carbocycles. The first-order valence-electron chi connectivity index (χ1n) is 7.07. The average Bonchev–Trinajstić information content (AvgIpc) is 2.34. The van der Waals surface area contributed by atoms with E-state index in [2.05, 4.69) is 18.1 Å². The lowest BCUT2D eigenvalue weighted by molar-refractivity contribution is -0.137. The van der Waals surface area contributed by atoms with E-state index in [0.717, 1.165) is 44.9 Å². The molecule has 2 nitrogen and oxygen atoms in total. The number of carboxylic acid groups (broad SMARTS) is 1. The lowest BCUT2D eigenvalue weighted by Crippen LogP contribution is -1.93. The maximum Gasteiger partial charge on any atom is 0.303 e. The molecule has 0 bridgehead atoms. The number of unbranched alkanes of at least 4 members (excludes halogenated alkanes) is 8. The number of carbonyl (C=O) groups is 1. The molecular formula is C16H26O2. The van der Waals surface area contributed by atoms with Crippen LogP contribution >= 0.6 is 0 Å². The Bertz CT molecular complexity index is 261. The number of aliphatic carboxylic acids is 1. The Morgan fingerprint density at radius 2 is 1.50 bits per heavy atom. The van der Waals surface area contributed by atoms with Crippen molar-refractivity contribution in [2.24, 2.45) is 0 Å². The van der Waals surface area contributed by atoms with Gasteiger partial charge >= 0.3 is 5.97 Å². The maximum absolute atomic E-state index is 10.3. The van der Waals surface area contributed by atoms with Crippen LogP contribution in [0.4, 0.5) is 0 Å². The van der Waals surface area contributed by atoms with Gasteiger partial charge in [0.25, 0.3) is 0 Å². The van der Waals surface area contributed by atoms with Crippen LogP contribution in [0.5, 0.6) is 0 Å². The Balaban J connectivity index is 3.08. The largest absolute Gasteiger partial charge is 0.481 e. The highest BCUT2D eigenvalue weighted by atomic mass is 16.4. The number of hydrogen-bond donors (Lipinski definition) is 1. The van der Waals surface area contributed by atoms with Crippen molar-refractivity contribution in [3.63, 3.8) is 0 Å². The molecule has 0 atom stereocenters. The van der Waals surface area contributed by atoms with E-state index in [4.69, 9.17) is 11.5 Å². The SMILES string of the molecule is C#CCCCC/C=C\CCCCCCCC(=O)O. The van der Waals surface area contributed by atoms with Crippen LogP contribution in [-0.4, -0.2) is 11.1 Å². The van der Waals surface area contributed by atoms with Crippen molar-refractivity contribution >= 4 is 5.97 Å². The van der Waals surface area contributed by atoms with Gasteiger partial charge in [0.1, 0.15) is 0 Å². The molecule has 0 fully saturated rings. The molecule has 1 N–H and O–H groups in total. The van der Waals surface area contributed by atoms with Crippen molar-refractivity contribution in [2.75, 3.05) is 0 Å². The number of allylic oxidation sites excluding steroid dienone is 2. The highest BCUT2D eigenvalue weighted by molar-refractivity contribution is 5.66. The summed E-state index contributed by atoms with van der Waals surface area (Å²) in [6.45, 7) is 0. The van der Waals surface area contributed by atoms with E-state index in [0.29, 0.717) is 6.42 Å². The highest BCUT2D eigenvalue weighted by Gasteiger charge is 1.95. The zero-order valence-electron chi connectivity index (χ0n) is 11.4. The first-order valence-corrected chi connectivity index (χ1v) is 7.07. The third-order valence-electron chi connectivity index (χ3n) is 2.87. The molecule has 0 aromatic heterocycles. The second-order valence-electron chi connectivity index (χ2n) is 4.62. The third kappa shape index (κ3) is 14.8. The topological polar surface area (TPSA) is 37.3 Å². The summed E-state index contributed by atoms with van der Waals surface area (Å²) in [5, 5.41) is 8.47. The highest BCUT2D eigenvalue weighted by Crippen LogP contribution is 2.08. The van der Waals surface area contributed by atoms with Gasteiger partial charge in [-0.1, -0.05) is 31.4 Å². The Kier molecular flexibility index (Phi) is 12.9. The van der Waals surface area contributed by atoms with E-state index in [1.54, 1.807) is 0 Å². The second-order valence-corrected chi connectivity index (χ2v) is 4.62. The van der Waals surface area contributed by atoms with Gasteiger partial charge < -0.3 is 5.11 Å². The standard InChI is InChI=1S/C16H26O2/c1-2-3-4-5-6-7-8-9-10-11-12-13-14-15-16(17)18/h1,7-8H,3-6,9-15H2,(H,17,18)/b8-7-. The number of hydrogen-bond acceptors (Lipinski definition) is 1. The fourth-order valence-electron chi connectivity index (χ4n) is 1.79. The van der Waals surface area contributed by atoms with Crippen molar-refractivity contribution in [1.29, 1.82) is 0 Å². The molecule has 2 heteroatoms. The molecule has 0 aliphatic heterocycles. The molecule has 0 unspecified atom stereocenters. The lowest BCUT2D eigenvalue weighted by atomic mass is 10.1. The van der Waals surface area contributed by atoms with Crippen LogP contribution in [0, 0.1) is 12.3 Å². The van der Waals surface area contributed by atoms with Crippen molar-refractivity contribution in [1.82, 2.24) is 0 Å². The van der Waals surface area contributed by atoms with Crippen LogP contribution in [0.25, 0.3) is 0 Å². The average molecular weight is 250 g/mol. The van der Waals surface area contributed by atoms with Crippen LogP contribution < -0.4 is 0 Å². The molecule has 0 aliphatic rings. The summed E-state index contributed by atoms with van der Waals surface area (Å²) >= 11 is 0. The van der Waals surface area contributed by atoms with Gasteiger partial charge in [-0.2, -0.15) is 0 Å². The number of rotatable bonds is 12. The number of carboxylic acids is 1. The van der Waals surface area contributed by atoms with Crippen molar-refractivity contribution < 1.29 is 9.90 Å². The Labute approximate surface area is 111 Å². The van der Waals surface area contributed by atoms with Crippen molar-refractivity contribution in [3.8, 4) is 12.3 Å². The quantitative estimate of drug-likeness (QED) is 0.313. The predicted molar refractivity (Wildman–Crippen MR) is 76.4 cm³/mol. The maximum atomic E-state index is 10.3. The minimum atomic E-state index is -0.678. The van der Waals surface area contributed by atoms with Crippen LogP contribution in [0.3, 0.4) is 0 Å². The van der Waals surface area contributed by atoms with E-state index < -0.39 is 5.97 Å². The Morgan fingerprint density at radius 1 is 0.944 bits per heavy atom. The van der Waals surface area contributed by atoms with Gasteiger partial charge in [-0.3, -0.25) is 4.79 Å². The minimum absolute atomic E-state index is 0.317. The smallest absolute Gasteiger partial charge is 0.303 e. The van der Waals surface area contributed by atoms with Crippen molar-refractivity contribution in [3.05, 3.63) is 12.2 Å². The fourth-order valence-corrected chi connectivity index (χ4v) is 1.79. The summed E-state index contributed by atoms with van der Waals surface area (Å²) in [6, 6.07) is 0. The summed E-state index contributed by atoms with van der Waals surface area (Å²) in [6.07, 6.45) is 20.9. The summed E-state index contributed by atoms with van der Waals surface area (Å²) in [5.74, 6) is 1.97. The van der Waals surface area contributed by atoms with Gasteiger partial charge in [-0.15, -0.1) is 12.3 Å². The molecule has 0 spiro atoms. The summed E-state index contributed by atoms with van der Waals surface area (Å²) < 4.78 is 0. The predicted octanol–water partition coefficient (Wildman–Crippen LogP) is 4.55. The first-order chi connectivity index (χ1) is 8.77. The van der Waals surface area contributed by atoms with Gasteiger partial charge in [0.2, 0.25) is 0 Å². The van der Waals surface area contributed by atoms with Crippen LogP contribution in [-0.2, 0) is 4.79 Å². The molecule has 0 saturated carbocycles. The van der Waals surface area contributed by atoms with Gasteiger partial charge in [0.15, 0.2) is 0 Å². The molecule has 0 aliphatic carbocycles. The lowest BCUT2D eigenvalue weighted by Gasteiger charge is -1.98. The first kappa shape index (κ1) is 16.8. The van der Waals surface area contributed by atoms with E-state index in [-0.39, 0.29) is 0 Å². The third-order valence-corrected chi connectivity index (χ3v) is 2.87. The van der Waals surface area contributed by atoms with Crippen LogP contribution in [0.1, 0.15) is 70.6 Å². The molecule has 0 rings (SSSR count). The molecule has 18 heavy (non-hydrogen) atoms. The van der Waals surface area contributed by atoms with E-state index in [1.807, 2.05) is 0 Å². The molecule has 0 heterocycles. The van der Waals surface area contributed by atoms with Gasteiger partial charge in [-0.05, 0) is 38.5 Å². The van der Waals surface area contributed by atoms with E-state index in [1.165, 1.54) is 19.3 Å². The number of terminal acetylenes is 1. The second kappa shape index (κ2) is 13.8. The summed E-state index contributed by atoms with van der Waals surface area (Å²) in [7, 11) is 0. The molecule has 0 aromatic rings. The summed E-state index contributed by atoms with van der Waals surface area (Å²) in [4.78, 5) is 10.3. The van der Waals surface area contributed by atoms with Gasteiger partial charge in [0, 0.05) is 12.8 Å². The zero-order valence-corrected chi connectivity index (χ0v) is 11.4. The monoisotopic (exact) mass is 250 g/mol. The molecule has 0 radical (unpaired) electrons. The summed E-state index contributed by atoms with van der Waals surface area (Å²) in [5.41, 5.74) is 0.